The third-order valence-corrected chi connectivity index (χ3v) is 5.50. The van der Waals surface area contributed by atoms with Gasteiger partial charge in [0.15, 0.2) is 5.13 Å². The van der Waals surface area contributed by atoms with Crippen molar-refractivity contribution in [3.63, 3.8) is 0 Å². The van der Waals surface area contributed by atoms with E-state index in [4.69, 9.17) is 4.42 Å². The number of fused-ring (bicyclic) bond motifs is 1. The first-order valence-corrected chi connectivity index (χ1v) is 10.2. The van der Waals surface area contributed by atoms with Crippen LogP contribution in [-0.4, -0.2) is 17.1 Å². The number of aromatic nitrogens is 1. The Morgan fingerprint density at radius 1 is 1.15 bits per heavy atom. The maximum atomic E-state index is 12.5. The number of carbonyl (C=O) groups is 1. The van der Waals surface area contributed by atoms with E-state index in [1.54, 1.807) is 30.0 Å². The highest BCUT2D eigenvalue weighted by molar-refractivity contribution is 7.98. The van der Waals surface area contributed by atoms with E-state index in [2.05, 4.69) is 10.3 Å². The molecule has 1 N–H and O–H groups in total. The van der Waals surface area contributed by atoms with E-state index in [0.29, 0.717) is 16.1 Å². The lowest BCUT2D eigenvalue weighted by Crippen LogP contribution is -2.20. The van der Waals surface area contributed by atoms with Gasteiger partial charge in [0.1, 0.15) is 11.1 Å². The lowest BCUT2D eigenvalue weighted by molar-refractivity contribution is 0.102. The summed E-state index contributed by atoms with van der Waals surface area (Å²) >= 11 is 2.98. The highest BCUT2D eigenvalue weighted by Gasteiger charge is 2.15. The van der Waals surface area contributed by atoms with Crippen molar-refractivity contribution < 1.29 is 9.21 Å². The molecule has 0 spiro atoms. The minimum absolute atomic E-state index is 0.0465. The molecule has 7 heteroatoms. The predicted molar refractivity (Wildman–Crippen MR) is 110 cm³/mol. The molecule has 0 unspecified atom stereocenters. The molecule has 0 atom stereocenters. The molecular weight excluding hydrogens is 380 g/mol. The van der Waals surface area contributed by atoms with Crippen molar-refractivity contribution in [3.05, 3.63) is 76.0 Å². The van der Waals surface area contributed by atoms with E-state index >= 15 is 0 Å². The van der Waals surface area contributed by atoms with Crippen LogP contribution in [0.2, 0.25) is 0 Å². The van der Waals surface area contributed by atoms with Crippen molar-refractivity contribution in [2.75, 3.05) is 11.6 Å². The van der Waals surface area contributed by atoms with Crippen LogP contribution in [0.5, 0.6) is 0 Å². The molecule has 0 saturated heterocycles. The van der Waals surface area contributed by atoms with Gasteiger partial charge in [-0.3, -0.25) is 10.1 Å². The highest BCUT2D eigenvalue weighted by atomic mass is 32.2. The fraction of sp³-hybridized carbons (Fsp3) is 0.0500. The number of thiazole rings is 1. The number of para-hydroxylation sites is 1. The molecule has 134 valence electrons. The number of hydrogen-bond donors (Lipinski definition) is 1. The van der Waals surface area contributed by atoms with Gasteiger partial charge < -0.3 is 4.42 Å². The summed E-state index contributed by atoms with van der Waals surface area (Å²) in [4.78, 5) is 30.2. The predicted octanol–water partition coefficient (Wildman–Crippen LogP) is 4.89. The van der Waals surface area contributed by atoms with Gasteiger partial charge in [-0.05, 0) is 30.5 Å². The van der Waals surface area contributed by atoms with Crippen molar-refractivity contribution in [2.45, 2.75) is 4.90 Å². The van der Waals surface area contributed by atoms with Gasteiger partial charge >= 0.3 is 5.63 Å². The second kappa shape index (κ2) is 7.38. The number of anilines is 1. The molecule has 0 aliphatic heterocycles. The Morgan fingerprint density at radius 2 is 1.93 bits per heavy atom. The van der Waals surface area contributed by atoms with Crippen LogP contribution in [0.15, 0.2) is 74.1 Å². The largest absolute Gasteiger partial charge is 0.422 e. The van der Waals surface area contributed by atoms with Gasteiger partial charge in [-0.25, -0.2) is 9.78 Å². The summed E-state index contributed by atoms with van der Waals surface area (Å²) in [6.07, 6.45) is 2.02. The first-order valence-electron chi connectivity index (χ1n) is 8.08. The zero-order valence-electron chi connectivity index (χ0n) is 14.3. The average molecular weight is 394 g/mol. The lowest BCUT2D eigenvalue weighted by Gasteiger charge is -2.02. The van der Waals surface area contributed by atoms with E-state index in [-0.39, 0.29) is 5.56 Å². The van der Waals surface area contributed by atoms with Crippen molar-refractivity contribution in [3.8, 4) is 11.3 Å². The molecule has 2 heterocycles. The molecule has 0 radical (unpaired) electrons. The number of benzene rings is 2. The number of amides is 1. The van der Waals surface area contributed by atoms with Crippen molar-refractivity contribution in [1.82, 2.24) is 4.98 Å². The Kier molecular flexibility index (Phi) is 4.79. The van der Waals surface area contributed by atoms with Gasteiger partial charge in [0, 0.05) is 21.2 Å². The van der Waals surface area contributed by atoms with Gasteiger partial charge in [0.25, 0.3) is 5.91 Å². The van der Waals surface area contributed by atoms with Crippen molar-refractivity contribution in [1.29, 1.82) is 0 Å². The van der Waals surface area contributed by atoms with Gasteiger partial charge in [0.2, 0.25) is 0 Å². The molecule has 0 fully saturated rings. The molecule has 0 bridgehead atoms. The van der Waals surface area contributed by atoms with Crippen LogP contribution in [-0.2, 0) is 0 Å². The molecule has 0 saturated carbocycles. The zero-order valence-corrected chi connectivity index (χ0v) is 15.9. The van der Waals surface area contributed by atoms with Crippen LogP contribution in [0, 0.1) is 0 Å². The number of hydrogen-bond acceptors (Lipinski definition) is 6. The summed E-state index contributed by atoms with van der Waals surface area (Å²) < 4.78 is 5.21. The minimum Gasteiger partial charge on any atom is -0.422 e. The van der Waals surface area contributed by atoms with Crippen molar-refractivity contribution in [2.24, 2.45) is 0 Å². The summed E-state index contributed by atoms with van der Waals surface area (Å²) in [6.45, 7) is 0. The van der Waals surface area contributed by atoms with Gasteiger partial charge in [-0.15, -0.1) is 23.1 Å². The number of nitrogens with one attached hydrogen (secondary N) is 1. The molecule has 0 aliphatic rings. The van der Waals surface area contributed by atoms with Crippen molar-refractivity contribution >= 4 is 45.1 Å². The Labute approximate surface area is 163 Å². The first-order chi connectivity index (χ1) is 13.1. The minimum atomic E-state index is -0.671. The maximum absolute atomic E-state index is 12.5. The van der Waals surface area contributed by atoms with Crippen LogP contribution in [0.4, 0.5) is 5.13 Å². The fourth-order valence-electron chi connectivity index (χ4n) is 2.61. The number of thioether (sulfide) groups is 1. The Bertz CT molecular complexity index is 1180. The number of nitrogens with zero attached hydrogens (tertiary/aromatic N) is 1. The summed E-state index contributed by atoms with van der Waals surface area (Å²) in [7, 11) is 0. The molecule has 2 aromatic heterocycles. The van der Waals surface area contributed by atoms with Gasteiger partial charge in [-0.1, -0.05) is 30.3 Å². The molecule has 1 amide bonds. The topological polar surface area (TPSA) is 72.2 Å². The molecular formula is C20H14N2O3S2. The molecule has 2 aromatic carbocycles. The normalized spacial score (nSPS) is 10.9. The molecule has 27 heavy (non-hydrogen) atoms. The van der Waals surface area contributed by atoms with Gasteiger partial charge in [0.05, 0.1) is 5.69 Å². The quantitative estimate of drug-likeness (QED) is 0.394. The standard InChI is InChI=1S/C20H14N2O3S2/c1-26-14-8-6-12(7-9-14)16-11-27-20(21-16)22-18(23)15-10-13-4-2-3-5-17(13)25-19(15)24/h2-11H,1H3,(H,21,22,23). The summed E-state index contributed by atoms with van der Waals surface area (Å²) in [6, 6.07) is 16.6. The maximum Gasteiger partial charge on any atom is 0.349 e. The third-order valence-electron chi connectivity index (χ3n) is 4.00. The summed E-state index contributed by atoms with van der Waals surface area (Å²) in [5, 5.41) is 5.67. The molecule has 5 nitrogen and oxygen atoms in total. The zero-order chi connectivity index (χ0) is 18.8. The molecule has 4 rings (SSSR count). The van der Waals surface area contributed by atoms with Gasteiger partial charge in [-0.2, -0.15) is 0 Å². The molecule has 0 aliphatic carbocycles. The fourth-order valence-corrected chi connectivity index (χ4v) is 3.73. The third kappa shape index (κ3) is 3.65. The van der Waals surface area contributed by atoms with E-state index < -0.39 is 11.5 Å². The lowest BCUT2D eigenvalue weighted by atomic mass is 10.2. The van der Waals surface area contributed by atoms with Crippen LogP contribution < -0.4 is 10.9 Å². The SMILES string of the molecule is CSc1ccc(-c2csc(NC(=O)c3cc4ccccc4oc3=O)n2)cc1. The van der Waals surface area contributed by atoms with Crippen LogP contribution >= 0.6 is 23.1 Å². The van der Waals surface area contributed by atoms with E-state index in [0.717, 1.165) is 11.3 Å². The average Bonchev–Trinajstić information content (AvgIpc) is 3.16. The first kappa shape index (κ1) is 17.5. The van der Waals surface area contributed by atoms with Crippen LogP contribution in [0.1, 0.15) is 10.4 Å². The Hall–Kier alpha value is -2.90. The molecule has 4 aromatic rings. The summed E-state index contributed by atoms with van der Waals surface area (Å²) in [5.74, 6) is -0.534. The second-order valence-corrected chi connectivity index (χ2v) is 7.44. The second-order valence-electron chi connectivity index (χ2n) is 5.71. The highest BCUT2D eigenvalue weighted by Crippen LogP contribution is 2.27. The number of carbonyl (C=O) groups excluding carboxylic acids is 1. The van der Waals surface area contributed by atoms with Crippen LogP contribution in [0.3, 0.4) is 0 Å². The number of rotatable bonds is 4. The monoisotopic (exact) mass is 394 g/mol. The van der Waals surface area contributed by atoms with E-state index in [1.165, 1.54) is 22.3 Å². The van der Waals surface area contributed by atoms with E-state index in [9.17, 15) is 9.59 Å². The smallest absolute Gasteiger partial charge is 0.349 e. The van der Waals surface area contributed by atoms with E-state index in [1.807, 2.05) is 42.0 Å². The Balaban J connectivity index is 1.57. The summed E-state index contributed by atoms with van der Waals surface area (Å²) in [5.41, 5.74) is 1.47. The Morgan fingerprint density at radius 3 is 2.70 bits per heavy atom. The van der Waals surface area contributed by atoms with Crippen LogP contribution in [0.25, 0.3) is 22.2 Å².